The lowest BCUT2D eigenvalue weighted by Crippen LogP contribution is -2.34. The van der Waals surface area contributed by atoms with E-state index in [-0.39, 0.29) is 0 Å². The first-order valence-electron chi connectivity index (χ1n) is 11.7. The zero-order valence-corrected chi connectivity index (χ0v) is 19.6. The van der Waals surface area contributed by atoms with Crippen LogP contribution in [0.5, 0.6) is 0 Å². The van der Waals surface area contributed by atoms with Crippen LogP contribution in [0.15, 0.2) is 64.9 Å². The third kappa shape index (κ3) is 5.52. The third-order valence-corrected chi connectivity index (χ3v) is 6.73. The van der Waals surface area contributed by atoms with E-state index in [1.54, 1.807) is 0 Å². The molecule has 2 heterocycles. The molecule has 0 fully saturated rings. The van der Waals surface area contributed by atoms with Gasteiger partial charge in [-0.15, -0.1) is 10.2 Å². The molecule has 0 aliphatic heterocycles. The maximum atomic E-state index is 6.03. The first-order chi connectivity index (χ1) is 15.5. The van der Waals surface area contributed by atoms with Gasteiger partial charge in [0.2, 0.25) is 11.8 Å². The van der Waals surface area contributed by atoms with Gasteiger partial charge in [-0.2, -0.15) is 0 Å². The van der Waals surface area contributed by atoms with E-state index in [9.17, 15) is 0 Å². The number of allylic oxidation sites excluding steroid dienone is 1. The van der Waals surface area contributed by atoms with Crippen molar-refractivity contribution in [2.75, 3.05) is 6.54 Å². The first-order valence-corrected chi connectivity index (χ1v) is 11.7. The van der Waals surface area contributed by atoms with Gasteiger partial charge in [0.1, 0.15) is 0 Å². The molecule has 3 unspecified atom stereocenters. The summed E-state index contributed by atoms with van der Waals surface area (Å²) in [6.07, 6.45) is 8.15. The summed E-state index contributed by atoms with van der Waals surface area (Å²) in [6.45, 7) is 10.9. The molecule has 0 spiro atoms. The van der Waals surface area contributed by atoms with E-state index in [4.69, 9.17) is 4.42 Å². The van der Waals surface area contributed by atoms with Crippen LogP contribution in [0.4, 0.5) is 0 Å². The van der Waals surface area contributed by atoms with E-state index >= 15 is 0 Å². The topological polar surface area (TPSA) is 63.8 Å². The zero-order chi connectivity index (χ0) is 22.5. The summed E-state index contributed by atoms with van der Waals surface area (Å²) in [5, 5.41) is 12.3. The summed E-state index contributed by atoms with van der Waals surface area (Å²) in [5.41, 5.74) is 4.91. The molecule has 0 bridgehead atoms. The number of nitrogens with one attached hydrogen (secondary N) is 1. The number of aromatic nitrogens is 3. The van der Waals surface area contributed by atoms with Crippen molar-refractivity contribution in [2.45, 2.75) is 47.1 Å². The van der Waals surface area contributed by atoms with Crippen LogP contribution in [0.2, 0.25) is 0 Å². The molecule has 5 nitrogen and oxygen atoms in total. The maximum absolute atomic E-state index is 6.03. The molecule has 1 N–H and O–H groups in total. The number of pyridine rings is 1. The predicted molar refractivity (Wildman–Crippen MR) is 128 cm³/mol. The Hall–Kier alpha value is -2.79. The van der Waals surface area contributed by atoms with Gasteiger partial charge in [0.05, 0.1) is 0 Å². The van der Waals surface area contributed by atoms with E-state index in [2.05, 4.69) is 78.5 Å². The summed E-state index contributed by atoms with van der Waals surface area (Å²) in [6, 6.07) is 12.4. The SMILES string of the molecule is CC1=CC(CNCc2ccncc2)C(C(C)C)CC1Cc1nnc(-c2ccc(C)cc2)o1. The second-order valence-electron chi connectivity index (χ2n) is 9.47. The fourth-order valence-electron chi connectivity index (χ4n) is 4.75. The molecule has 0 saturated carbocycles. The molecule has 1 aliphatic rings. The summed E-state index contributed by atoms with van der Waals surface area (Å²) < 4.78 is 6.03. The molecule has 168 valence electrons. The van der Waals surface area contributed by atoms with Crippen molar-refractivity contribution < 1.29 is 4.42 Å². The molecule has 1 aliphatic carbocycles. The van der Waals surface area contributed by atoms with Crippen LogP contribution in [-0.4, -0.2) is 21.7 Å². The number of benzene rings is 1. The lowest BCUT2D eigenvalue weighted by Gasteiger charge is -2.37. The number of aryl methyl sites for hydroxylation is 1. The van der Waals surface area contributed by atoms with E-state index in [1.165, 1.54) is 16.7 Å². The van der Waals surface area contributed by atoms with Crippen LogP contribution in [0.3, 0.4) is 0 Å². The van der Waals surface area contributed by atoms with Gasteiger partial charge >= 0.3 is 0 Å². The van der Waals surface area contributed by atoms with Gasteiger partial charge in [0.25, 0.3) is 0 Å². The van der Waals surface area contributed by atoms with Crippen LogP contribution >= 0.6 is 0 Å². The van der Waals surface area contributed by atoms with Crippen molar-refractivity contribution in [3.63, 3.8) is 0 Å². The third-order valence-electron chi connectivity index (χ3n) is 6.73. The molecular formula is C27H34N4O. The van der Waals surface area contributed by atoms with Crippen molar-refractivity contribution in [1.82, 2.24) is 20.5 Å². The Labute approximate surface area is 191 Å². The summed E-state index contributed by atoms with van der Waals surface area (Å²) in [4.78, 5) is 4.10. The van der Waals surface area contributed by atoms with Gasteiger partial charge in [0.15, 0.2) is 0 Å². The van der Waals surface area contributed by atoms with Gasteiger partial charge < -0.3 is 9.73 Å². The van der Waals surface area contributed by atoms with Crippen LogP contribution < -0.4 is 5.32 Å². The molecule has 1 aromatic carbocycles. The number of hydrogen-bond acceptors (Lipinski definition) is 5. The minimum atomic E-state index is 0.449. The maximum Gasteiger partial charge on any atom is 0.247 e. The molecule has 4 rings (SSSR count). The van der Waals surface area contributed by atoms with Crippen LogP contribution in [0.1, 0.15) is 44.2 Å². The van der Waals surface area contributed by atoms with E-state index in [1.807, 2.05) is 24.5 Å². The Balaban J connectivity index is 1.40. The van der Waals surface area contributed by atoms with Gasteiger partial charge in [0, 0.05) is 37.5 Å². The lowest BCUT2D eigenvalue weighted by atomic mass is 9.70. The molecule has 2 aromatic heterocycles. The highest BCUT2D eigenvalue weighted by molar-refractivity contribution is 5.52. The highest BCUT2D eigenvalue weighted by Gasteiger charge is 2.32. The Morgan fingerprint density at radius 3 is 2.50 bits per heavy atom. The minimum absolute atomic E-state index is 0.449. The average Bonchev–Trinajstić information content (AvgIpc) is 3.25. The van der Waals surface area contributed by atoms with Crippen molar-refractivity contribution in [3.8, 4) is 11.5 Å². The zero-order valence-electron chi connectivity index (χ0n) is 19.6. The summed E-state index contributed by atoms with van der Waals surface area (Å²) >= 11 is 0. The van der Waals surface area contributed by atoms with E-state index in [0.29, 0.717) is 29.6 Å². The fraction of sp³-hybridized carbons (Fsp3) is 0.444. The van der Waals surface area contributed by atoms with Crippen LogP contribution in [-0.2, 0) is 13.0 Å². The van der Waals surface area contributed by atoms with E-state index in [0.717, 1.165) is 37.4 Å². The average molecular weight is 431 g/mol. The van der Waals surface area contributed by atoms with E-state index < -0.39 is 0 Å². The highest BCUT2D eigenvalue weighted by Crippen LogP contribution is 2.38. The Morgan fingerprint density at radius 1 is 1.03 bits per heavy atom. The Morgan fingerprint density at radius 2 is 1.78 bits per heavy atom. The molecule has 0 radical (unpaired) electrons. The van der Waals surface area contributed by atoms with Crippen molar-refractivity contribution in [1.29, 1.82) is 0 Å². The van der Waals surface area contributed by atoms with Gasteiger partial charge in [-0.25, -0.2) is 0 Å². The standard InChI is InChI=1S/C27H34N4O/c1-18(2)25-14-23(15-26-30-31-27(32-26)22-7-5-19(3)6-8-22)20(4)13-24(25)17-29-16-21-9-11-28-12-10-21/h5-13,18,23-25,29H,14-17H2,1-4H3. The molecular weight excluding hydrogens is 396 g/mol. The van der Waals surface area contributed by atoms with Gasteiger partial charge in [-0.1, -0.05) is 43.2 Å². The number of nitrogens with zero attached hydrogens (tertiary/aromatic N) is 3. The minimum Gasteiger partial charge on any atom is -0.421 e. The Kier molecular flexibility index (Phi) is 7.15. The fourth-order valence-corrected chi connectivity index (χ4v) is 4.75. The van der Waals surface area contributed by atoms with Crippen LogP contribution in [0.25, 0.3) is 11.5 Å². The first kappa shape index (κ1) is 22.4. The van der Waals surface area contributed by atoms with Gasteiger partial charge in [-0.3, -0.25) is 4.98 Å². The van der Waals surface area contributed by atoms with Crippen molar-refractivity contribution in [3.05, 3.63) is 77.5 Å². The summed E-state index contributed by atoms with van der Waals surface area (Å²) in [5.74, 6) is 3.59. The lowest BCUT2D eigenvalue weighted by molar-refractivity contribution is 0.218. The van der Waals surface area contributed by atoms with Gasteiger partial charge in [-0.05, 0) is 73.8 Å². The van der Waals surface area contributed by atoms with Crippen molar-refractivity contribution >= 4 is 0 Å². The molecule has 0 saturated heterocycles. The quantitative estimate of drug-likeness (QED) is 0.470. The highest BCUT2D eigenvalue weighted by atomic mass is 16.4. The number of hydrogen-bond donors (Lipinski definition) is 1. The second kappa shape index (κ2) is 10.2. The monoisotopic (exact) mass is 430 g/mol. The largest absolute Gasteiger partial charge is 0.421 e. The Bertz CT molecular complexity index is 1020. The normalized spacial score (nSPS) is 21.0. The molecule has 3 atom stereocenters. The van der Waals surface area contributed by atoms with Crippen molar-refractivity contribution in [2.24, 2.45) is 23.7 Å². The number of rotatable bonds is 8. The second-order valence-corrected chi connectivity index (χ2v) is 9.47. The summed E-state index contributed by atoms with van der Waals surface area (Å²) in [7, 11) is 0. The molecule has 5 heteroatoms. The molecule has 32 heavy (non-hydrogen) atoms. The smallest absolute Gasteiger partial charge is 0.247 e. The predicted octanol–water partition coefficient (Wildman–Crippen LogP) is 5.63. The van der Waals surface area contributed by atoms with Crippen LogP contribution in [0, 0.1) is 30.6 Å². The molecule has 0 amide bonds. The molecule has 3 aromatic rings.